The van der Waals surface area contributed by atoms with Crippen LogP contribution in [0.2, 0.25) is 0 Å². The molecule has 4 heteroatoms. The van der Waals surface area contributed by atoms with Crippen LogP contribution in [-0.2, 0) is 19.1 Å². The van der Waals surface area contributed by atoms with Crippen LogP contribution in [0, 0.1) is 29.1 Å². The largest absolute Gasteiger partial charge is 0.465 e. The lowest BCUT2D eigenvalue weighted by molar-refractivity contribution is -0.177. The highest BCUT2D eigenvalue weighted by Gasteiger charge is 2.60. The first kappa shape index (κ1) is 24.0. The van der Waals surface area contributed by atoms with Crippen molar-refractivity contribution in [3.05, 3.63) is 0 Å². The Balaban J connectivity index is 3.14. The SMILES string of the molecule is CCCCOC(=O)C1(C(=O)OCCCC)CCC(CC(C)C)C1CC(C)C. The predicted molar refractivity (Wildman–Crippen MR) is 109 cm³/mol. The highest BCUT2D eigenvalue weighted by molar-refractivity contribution is 6.01. The van der Waals surface area contributed by atoms with E-state index in [0.29, 0.717) is 37.4 Å². The Hall–Kier alpha value is -1.06. The summed E-state index contributed by atoms with van der Waals surface area (Å²) in [6.07, 6.45) is 6.97. The normalized spacial score (nSPS) is 21.6. The third kappa shape index (κ3) is 6.50. The monoisotopic (exact) mass is 382 g/mol. The van der Waals surface area contributed by atoms with E-state index in [4.69, 9.17) is 9.47 Å². The molecule has 1 aliphatic rings. The lowest BCUT2D eigenvalue weighted by Gasteiger charge is -2.35. The molecule has 0 aromatic rings. The fourth-order valence-electron chi connectivity index (χ4n) is 4.46. The molecule has 4 nitrogen and oxygen atoms in total. The summed E-state index contributed by atoms with van der Waals surface area (Å²) in [4.78, 5) is 26.4. The fourth-order valence-corrected chi connectivity index (χ4v) is 4.46. The van der Waals surface area contributed by atoms with Crippen molar-refractivity contribution >= 4 is 11.9 Å². The van der Waals surface area contributed by atoms with Crippen LogP contribution >= 0.6 is 0 Å². The molecule has 0 spiro atoms. The number of ether oxygens (including phenoxy) is 2. The molecule has 0 bridgehead atoms. The lowest BCUT2D eigenvalue weighted by atomic mass is 9.70. The van der Waals surface area contributed by atoms with Crippen molar-refractivity contribution in [1.29, 1.82) is 0 Å². The molecule has 27 heavy (non-hydrogen) atoms. The minimum absolute atomic E-state index is 0.0168. The van der Waals surface area contributed by atoms with Crippen molar-refractivity contribution in [2.45, 2.75) is 92.9 Å². The van der Waals surface area contributed by atoms with Gasteiger partial charge in [-0.25, -0.2) is 0 Å². The number of unbranched alkanes of at least 4 members (excludes halogenated alkanes) is 2. The number of carbonyl (C=O) groups excluding carboxylic acids is 2. The van der Waals surface area contributed by atoms with Crippen molar-refractivity contribution < 1.29 is 19.1 Å². The van der Waals surface area contributed by atoms with Gasteiger partial charge in [0.2, 0.25) is 0 Å². The molecular weight excluding hydrogens is 340 g/mol. The van der Waals surface area contributed by atoms with Crippen LogP contribution in [0.5, 0.6) is 0 Å². The summed E-state index contributed by atoms with van der Waals surface area (Å²) in [6, 6.07) is 0. The van der Waals surface area contributed by atoms with Gasteiger partial charge >= 0.3 is 11.9 Å². The maximum Gasteiger partial charge on any atom is 0.323 e. The third-order valence-electron chi connectivity index (χ3n) is 5.80. The molecule has 0 amide bonds. The van der Waals surface area contributed by atoms with Crippen molar-refractivity contribution in [2.75, 3.05) is 13.2 Å². The number of hydrogen-bond donors (Lipinski definition) is 0. The molecule has 0 radical (unpaired) electrons. The minimum atomic E-state index is -1.11. The first-order valence-electron chi connectivity index (χ1n) is 11.1. The van der Waals surface area contributed by atoms with Crippen molar-refractivity contribution in [1.82, 2.24) is 0 Å². The van der Waals surface area contributed by atoms with Gasteiger partial charge in [0.25, 0.3) is 0 Å². The molecule has 0 saturated heterocycles. The summed E-state index contributed by atoms with van der Waals surface area (Å²) >= 11 is 0. The number of rotatable bonds is 12. The van der Waals surface area contributed by atoms with Crippen molar-refractivity contribution in [3.8, 4) is 0 Å². The van der Waals surface area contributed by atoms with Crippen LogP contribution in [0.4, 0.5) is 0 Å². The van der Waals surface area contributed by atoms with Gasteiger partial charge in [-0.2, -0.15) is 0 Å². The molecule has 0 aromatic carbocycles. The third-order valence-corrected chi connectivity index (χ3v) is 5.80. The quantitative estimate of drug-likeness (QED) is 0.244. The maximum absolute atomic E-state index is 13.2. The highest BCUT2D eigenvalue weighted by Crippen LogP contribution is 2.53. The van der Waals surface area contributed by atoms with Gasteiger partial charge < -0.3 is 9.47 Å². The Bertz CT molecular complexity index is 433. The Labute approximate surface area is 166 Å². The summed E-state index contributed by atoms with van der Waals surface area (Å²) in [7, 11) is 0. The second-order valence-corrected chi connectivity index (χ2v) is 9.11. The molecule has 0 N–H and O–H groups in total. The lowest BCUT2D eigenvalue weighted by Crippen LogP contribution is -2.46. The van der Waals surface area contributed by atoms with Gasteiger partial charge in [-0.05, 0) is 62.2 Å². The summed E-state index contributed by atoms with van der Waals surface area (Å²) in [6.45, 7) is 13.7. The molecular formula is C23H42O4. The summed E-state index contributed by atoms with van der Waals surface area (Å²) in [5.41, 5.74) is -1.11. The molecule has 1 rings (SSSR count). The van der Waals surface area contributed by atoms with Gasteiger partial charge in [0.05, 0.1) is 13.2 Å². The van der Waals surface area contributed by atoms with Crippen LogP contribution in [0.3, 0.4) is 0 Å². The zero-order valence-electron chi connectivity index (χ0n) is 18.5. The van der Waals surface area contributed by atoms with E-state index >= 15 is 0 Å². The van der Waals surface area contributed by atoms with E-state index in [2.05, 4.69) is 41.5 Å². The van der Waals surface area contributed by atoms with Crippen LogP contribution in [0.15, 0.2) is 0 Å². The van der Waals surface area contributed by atoms with Crippen molar-refractivity contribution in [3.63, 3.8) is 0 Å². The Morgan fingerprint density at radius 1 is 0.889 bits per heavy atom. The highest BCUT2D eigenvalue weighted by atomic mass is 16.6. The number of hydrogen-bond acceptors (Lipinski definition) is 4. The van der Waals surface area contributed by atoms with Crippen LogP contribution in [-0.4, -0.2) is 25.2 Å². The first-order valence-corrected chi connectivity index (χ1v) is 11.1. The van der Waals surface area contributed by atoms with Gasteiger partial charge in [-0.15, -0.1) is 0 Å². The first-order chi connectivity index (χ1) is 12.8. The van der Waals surface area contributed by atoms with Crippen LogP contribution < -0.4 is 0 Å². The van der Waals surface area contributed by atoms with Crippen molar-refractivity contribution in [2.24, 2.45) is 29.1 Å². The summed E-state index contributed by atoms with van der Waals surface area (Å²) in [5.74, 6) is 0.693. The van der Waals surface area contributed by atoms with E-state index in [1.54, 1.807) is 0 Å². The predicted octanol–water partition coefficient (Wildman–Crippen LogP) is 5.78. The molecule has 1 aliphatic carbocycles. The standard InChI is InChI=1S/C23H42O4/c1-7-9-13-26-21(24)23(22(25)27-14-10-8-2)12-11-19(15-17(3)4)20(23)16-18(5)6/h17-20H,7-16H2,1-6H3. The van der Waals surface area contributed by atoms with Gasteiger partial charge in [0.1, 0.15) is 0 Å². The van der Waals surface area contributed by atoms with Gasteiger partial charge in [0, 0.05) is 0 Å². The second kappa shape index (κ2) is 11.7. The minimum Gasteiger partial charge on any atom is -0.465 e. The van der Waals surface area contributed by atoms with E-state index < -0.39 is 5.41 Å². The fraction of sp³-hybridized carbons (Fsp3) is 0.913. The van der Waals surface area contributed by atoms with E-state index in [9.17, 15) is 9.59 Å². The number of carbonyl (C=O) groups is 2. The Morgan fingerprint density at radius 2 is 1.37 bits per heavy atom. The molecule has 2 unspecified atom stereocenters. The van der Waals surface area contributed by atoms with Gasteiger partial charge in [-0.1, -0.05) is 54.4 Å². The van der Waals surface area contributed by atoms with E-state index in [1.807, 2.05) is 0 Å². The van der Waals surface area contributed by atoms with E-state index in [0.717, 1.165) is 44.9 Å². The number of esters is 2. The smallest absolute Gasteiger partial charge is 0.323 e. The Kier molecular flexibility index (Phi) is 10.4. The molecule has 0 aliphatic heterocycles. The summed E-state index contributed by atoms with van der Waals surface area (Å²) < 4.78 is 11.2. The van der Waals surface area contributed by atoms with Crippen LogP contribution in [0.1, 0.15) is 92.9 Å². The zero-order chi connectivity index (χ0) is 20.4. The van der Waals surface area contributed by atoms with Gasteiger partial charge in [0.15, 0.2) is 5.41 Å². The molecule has 0 aromatic heterocycles. The molecule has 2 atom stereocenters. The summed E-state index contributed by atoms with van der Waals surface area (Å²) in [5, 5.41) is 0. The van der Waals surface area contributed by atoms with E-state index in [1.165, 1.54) is 0 Å². The maximum atomic E-state index is 13.2. The molecule has 0 heterocycles. The molecule has 1 fully saturated rings. The second-order valence-electron chi connectivity index (χ2n) is 9.11. The molecule has 158 valence electrons. The average Bonchev–Trinajstić information content (AvgIpc) is 2.93. The average molecular weight is 383 g/mol. The Morgan fingerprint density at radius 3 is 1.78 bits per heavy atom. The molecule has 1 saturated carbocycles. The van der Waals surface area contributed by atoms with Crippen LogP contribution in [0.25, 0.3) is 0 Å². The van der Waals surface area contributed by atoms with E-state index in [-0.39, 0.29) is 17.9 Å². The zero-order valence-corrected chi connectivity index (χ0v) is 18.5. The van der Waals surface area contributed by atoms with Gasteiger partial charge in [-0.3, -0.25) is 9.59 Å². The topological polar surface area (TPSA) is 52.6 Å².